The lowest BCUT2D eigenvalue weighted by molar-refractivity contribution is -0.604. The third-order valence-electron chi connectivity index (χ3n) is 6.51. The van der Waals surface area contributed by atoms with Crippen LogP contribution in [0.3, 0.4) is 0 Å². The summed E-state index contributed by atoms with van der Waals surface area (Å²) in [6.45, 7) is 5.75. The van der Waals surface area contributed by atoms with Gasteiger partial charge in [0, 0.05) is 32.3 Å². The fourth-order valence-electron chi connectivity index (χ4n) is 4.54. The zero-order valence-corrected chi connectivity index (χ0v) is 23.1. The number of methoxy groups -OCH3 is 1. The van der Waals surface area contributed by atoms with Crippen LogP contribution >= 0.6 is 0 Å². The Hall–Kier alpha value is -3.86. The number of hydrogen-bond donors (Lipinski definition) is 3. The normalized spacial score (nSPS) is 12.5. The summed E-state index contributed by atoms with van der Waals surface area (Å²) in [5, 5.41) is 27.2. The molecule has 4 rings (SSSR count). The molecule has 0 saturated heterocycles. The molecule has 38 heavy (non-hydrogen) atoms. The number of nitrogens with zero attached hydrogens (tertiary/aromatic N) is 2. The Balaban J connectivity index is 1.72. The summed E-state index contributed by atoms with van der Waals surface area (Å²) in [4.78, 5) is 3.17. The second-order valence-electron chi connectivity index (χ2n) is 9.32. The van der Waals surface area contributed by atoms with Gasteiger partial charge in [-0.25, -0.2) is 22.4 Å². The van der Waals surface area contributed by atoms with Gasteiger partial charge in [-0.1, -0.05) is 24.3 Å². The molecule has 0 radical (unpaired) electrons. The number of sulfonamides is 1. The van der Waals surface area contributed by atoms with Crippen LogP contribution in [0.2, 0.25) is 0 Å². The molecule has 0 saturated carbocycles. The highest BCUT2D eigenvalue weighted by Crippen LogP contribution is 2.37. The molecule has 3 aromatic carbocycles. The van der Waals surface area contributed by atoms with Crippen molar-refractivity contribution in [2.75, 3.05) is 26.5 Å². The second-order valence-corrected chi connectivity index (χ2v) is 11.5. The van der Waals surface area contributed by atoms with E-state index in [9.17, 15) is 18.7 Å². The number of H-pyrrole nitrogens is 1. The van der Waals surface area contributed by atoms with Crippen molar-refractivity contribution in [1.29, 1.82) is 0 Å². The molecular weight excluding hydrogens is 504 g/mol. The summed E-state index contributed by atoms with van der Waals surface area (Å²) in [6.07, 6.45) is -1.40. The van der Waals surface area contributed by atoms with E-state index >= 15 is 0 Å². The third-order valence-corrected chi connectivity index (χ3v) is 8.32. The van der Waals surface area contributed by atoms with E-state index in [0.717, 1.165) is 26.6 Å². The smallest absolute Gasteiger partial charge is 0.290 e. The molecule has 0 fully saturated rings. The number of anilines is 1. The highest BCUT2D eigenvalue weighted by atomic mass is 32.2. The molecule has 1 unspecified atom stereocenters. The number of aromatic nitrogens is 2. The first-order valence-electron chi connectivity index (χ1n) is 12.0. The summed E-state index contributed by atoms with van der Waals surface area (Å²) in [5.74, 6) is 0.943. The van der Waals surface area contributed by atoms with Gasteiger partial charge in [0.25, 0.3) is 5.82 Å². The summed E-state index contributed by atoms with van der Waals surface area (Å²) in [6, 6.07) is 17.6. The zero-order valence-electron chi connectivity index (χ0n) is 22.2. The van der Waals surface area contributed by atoms with Crippen LogP contribution in [0.25, 0.3) is 22.5 Å². The number of imidazole rings is 1. The number of aryl methyl sites for hydroxylation is 3. The first-order valence-corrected chi connectivity index (χ1v) is 13.4. The van der Waals surface area contributed by atoms with Crippen LogP contribution < -0.4 is 14.8 Å². The average molecular weight is 537 g/mol. The molecule has 0 bridgehead atoms. The van der Waals surface area contributed by atoms with Crippen molar-refractivity contribution < 1.29 is 23.0 Å². The Labute approximate surface area is 223 Å². The number of benzene rings is 3. The minimum atomic E-state index is -3.66. The topological polar surface area (TPSA) is 122 Å². The fraction of sp³-hybridized carbons (Fsp3) is 0.250. The van der Waals surface area contributed by atoms with Crippen LogP contribution in [0.4, 0.5) is 5.69 Å². The van der Waals surface area contributed by atoms with Gasteiger partial charge in [0.05, 0.1) is 17.6 Å². The largest absolute Gasteiger partial charge is 0.710 e. The predicted octanol–water partition coefficient (Wildman–Crippen LogP) is 4.27. The quantitative estimate of drug-likeness (QED) is 0.176. The lowest BCUT2D eigenvalue weighted by Gasteiger charge is -2.17. The van der Waals surface area contributed by atoms with E-state index in [-0.39, 0.29) is 16.4 Å². The third kappa shape index (κ3) is 4.98. The van der Waals surface area contributed by atoms with E-state index in [4.69, 9.17) is 4.74 Å². The summed E-state index contributed by atoms with van der Waals surface area (Å²) < 4.78 is 32.4. The van der Waals surface area contributed by atoms with Gasteiger partial charge in [0.2, 0.25) is 10.0 Å². The molecule has 1 heterocycles. The Kier molecular flexibility index (Phi) is 7.50. The van der Waals surface area contributed by atoms with Crippen molar-refractivity contribution >= 4 is 15.7 Å². The minimum Gasteiger partial charge on any atom is -0.710 e. The Morgan fingerprint density at radius 2 is 1.68 bits per heavy atom. The summed E-state index contributed by atoms with van der Waals surface area (Å²) in [5.41, 5.74) is 5.56. The molecule has 0 amide bonds. The van der Waals surface area contributed by atoms with Gasteiger partial charge in [0.15, 0.2) is 11.9 Å². The molecular formula is C28H32N4O5S. The van der Waals surface area contributed by atoms with Crippen molar-refractivity contribution in [3.05, 3.63) is 88.4 Å². The fourth-order valence-corrected chi connectivity index (χ4v) is 5.49. The standard InChI is InChI=1S/C28H32N4O5S/c1-17-9-7-10-18(2)25(17)23-15-20(13-14-24(23)37-6)27-29-19(3)26(32(27)34)28(33)30-21-11-8-12-22(16-21)38(35,36)31(4)5/h7-16,28-30,33H,1-6H3. The molecule has 1 atom stereocenters. The van der Waals surface area contributed by atoms with Gasteiger partial charge in [-0.15, -0.1) is 0 Å². The monoisotopic (exact) mass is 536 g/mol. The first kappa shape index (κ1) is 27.2. The second kappa shape index (κ2) is 10.5. The SMILES string of the molecule is COc1ccc(-c2[nH]c(C)c(C(O)Nc3cccc(S(=O)(=O)N(C)C)c3)[n+]2[O-])cc1-c1c(C)cccc1C. The highest BCUT2D eigenvalue weighted by Gasteiger charge is 2.27. The molecule has 1 aromatic heterocycles. The average Bonchev–Trinajstić information content (AvgIpc) is 3.17. The molecule has 0 aliphatic carbocycles. The number of rotatable bonds is 8. The van der Waals surface area contributed by atoms with Gasteiger partial charge >= 0.3 is 0 Å². The molecule has 200 valence electrons. The van der Waals surface area contributed by atoms with Crippen molar-refractivity contribution in [3.8, 4) is 28.3 Å². The van der Waals surface area contributed by atoms with Crippen LogP contribution in [0.1, 0.15) is 28.7 Å². The van der Waals surface area contributed by atoms with Crippen molar-refractivity contribution in [2.45, 2.75) is 31.9 Å². The van der Waals surface area contributed by atoms with Crippen LogP contribution in [0.15, 0.2) is 65.6 Å². The van der Waals surface area contributed by atoms with Crippen molar-refractivity contribution in [1.82, 2.24) is 9.29 Å². The summed E-state index contributed by atoms with van der Waals surface area (Å²) in [7, 11) is 0.839. The molecule has 0 aliphatic rings. The maximum absolute atomic E-state index is 13.4. The van der Waals surface area contributed by atoms with Gasteiger partial charge < -0.3 is 20.4 Å². The number of aliphatic hydroxyl groups excluding tert-OH is 1. The lowest BCUT2D eigenvalue weighted by atomic mass is 9.93. The Bertz CT molecular complexity index is 1570. The molecule has 9 nitrogen and oxygen atoms in total. The molecule has 4 aromatic rings. The molecule has 3 N–H and O–H groups in total. The van der Waals surface area contributed by atoms with Crippen molar-refractivity contribution in [2.24, 2.45) is 0 Å². The van der Waals surface area contributed by atoms with Gasteiger partial charge in [0.1, 0.15) is 11.4 Å². The van der Waals surface area contributed by atoms with E-state index < -0.39 is 16.3 Å². The van der Waals surface area contributed by atoms with Crippen LogP contribution in [0.5, 0.6) is 5.75 Å². The molecule has 0 spiro atoms. The van der Waals surface area contributed by atoms with E-state index in [2.05, 4.69) is 10.3 Å². The molecule has 0 aliphatic heterocycles. The summed E-state index contributed by atoms with van der Waals surface area (Å²) >= 11 is 0. The number of ether oxygens (including phenoxy) is 1. The van der Waals surface area contributed by atoms with E-state index in [0.29, 0.717) is 27.4 Å². The molecule has 10 heteroatoms. The zero-order chi connectivity index (χ0) is 27.8. The van der Waals surface area contributed by atoms with Crippen molar-refractivity contribution in [3.63, 3.8) is 0 Å². The van der Waals surface area contributed by atoms with Gasteiger partial charge in [-0.05, 0) is 66.9 Å². The Morgan fingerprint density at radius 3 is 2.32 bits per heavy atom. The van der Waals surface area contributed by atoms with E-state index in [1.807, 2.05) is 44.2 Å². The lowest BCUT2D eigenvalue weighted by Crippen LogP contribution is -2.35. The number of aliphatic hydroxyl groups is 1. The van der Waals surface area contributed by atoms with Crippen LogP contribution in [-0.2, 0) is 10.0 Å². The maximum Gasteiger partial charge on any atom is 0.290 e. The van der Waals surface area contributed by atoms with Crippen LogP contribution in [-0.4, -0.2) is 44.0 Å². The number of nitrogens with one attached hydrogen (secondary N) is 2. The Morgan fingerprint density at radius 1 is 1.03 bits per heavy atom. The number of hydrogen-bond acceptors (Lipinski definition) is 6. The number of aromatic amines is 1. The first-order chi connectivity index (χ1) is 17.9. The van der Waals surface area contributed by atoms with E-state index in [1.165, 1.54) is 26.2 Å². The van der Waals surface area contributed by atoms with Crippen LogP contribution in [0, 0.1) is 26.0 Å². The van der Waals surface area contributed by atoms with Gasteiger partial charge in [-0.3, -0.25) is 0 Å². The van der Waals surface area contributed by atoms with Gasteiger partial charge in [-0.2, -0.15) is 0 Å². The maximum atomic E-state index is 13.4. The highest BCUT2D eigenvalue weighted by molar-refractivity contribution is 7.89. The predicted molar refractivity (Wildman–Crippen MR) is 147 cm³/mol. The minimum absolute atomic E-state index is 0.0680. The van der Waals surface area contributed by atoms with E-state index in [1.54, 1.807) is 32.2 Å².